The van der Waals surface area contributed by atoms with Gasteiger partial charge in [0.2, 0.25) is 0 Å². The lowest BCUT2D eigenvalue weighted by atomic mass is 9.67. The average molecular weight is 204 g/mol. The van der Waals surface area contributed by atoms with Crippen LogP contribution in [0.2, 0.25) is 0 Å². The third-order valence-electron chi connectivity index (χ3n) is 4.30. The lowest BCUT2D eigenvalue weighted by molar-refractivity contribution is 0.102. The molecule has 3 heteroatoms. The van der Waals surface area contributed by atoms with Crippen LogP contribution in [0.15, 0.2) is 0 Å². The third-order valence-corrected chi connectivity index (χ3v) is 4.30. The molecule has 80 valence electrons. The molecule has 0 heterocycles. The molecule has 0 aromatic carbocycles. The topological polar surface area (TPSA) is 67.8 Å². The summed E-state index contributed by atoms with van der Waals surface area (Å²) in [5, 5.41) is 27.2. The van der Waals surface area contributed by atoms with Gasteiger partial charge in [-0.15, -0.1) is 0 Å². The molecule has 0 radical (unpaired) electrons. The number of aliphatic hydroxyl groups is 1. The smallest absolute Gasteiger partial charge is 0.0693 e. The number of hydrogen-bond donors (Lipinski definition) is 1. The molecule has 2 fully saturated rings. The van der Waals surface area contributed by atoms with E-state index >= 15 is 0 Å². The van der Waals surface area contributed by atoms with Crippen LogP contribution in [0.1, 0.15) is 32.1 Å². The van der Waals surface area contributed by atoms with Gasteiger partial charge in [-0.2, -0.15) is 10.5 Å². The van der Waals surface area contributed by atoms with Crippen molar-refractivity contribution in [2.45, 2.75) is 32.1 Å². The second-order valence-corrected chi connectivity index (χ2v) is 5.02. The zero-order valence-corrected chi connectivity index (χ0v) is 8.82. The lowest BCUT2D eigenvalue weighted by Gasteiger charge is -2.35. The molecule has 0 amide bonds. The molecule has 0 aromatic heterocycles. The van der Waals surface area contributed by atoms with E-state index in [0.717, 1.165) is 19.3 Å². The third kappa shape index (κ3) is 1.52. The molecule has 2 aliphatic rings. The number of rotatable bonds is 3. The van der Waals surface area contributed by atoms with Crippen molar-refractivity contribution in [2.24, 2.45) is 23.2 Å². The van der Waals surface area contributed by atoms with Crippen molar-refractivity contribution in [3.05, 3.63) is 0 Å². The van der Waals surface area contributed by atoms with Crippen molar-refractivity contribution in [3.63, 3.8) is 0 Å². The molecule has 2 saturated carbocycles. The van der Waals surface area contributed by atoms with E-state index < -0.39 is 0 Å². The zero-order chi connectivity index (χ0) is 10.9. The molecular weight excluding hydrogens is 188 g/mol. The summed E-state index contributed by atoms with van der Waals surface area (Å²) in [6.07, 6.45) is 4.28. The summed E-state index contributed by atoms with van der Waals surface area (Å²) in [7, 11) is 0. The number of nitriles is 2. The summed E-state index contributed by atoms with van der Waals surface area (Å²) in [4.78, 5) is 0. The standard InChI is InChI=1S/C12H16N2O/c13-3-1-2-12(8-14)6-9-4-10(7-15)11(12)5-9/h9-11,15H,1-2,4-7H2. The summed E-state index contributed by atoms with van der Waals surface area (Å²) in [6, 6.07) is 4.58. The Labute approximate surface area is 90.3 Å². The van der Waals surface area contributed by atoms with Crippen molar-refractivity contribution in [1.82, 2.24) is 0 Å². The molecule has 4 unspecified atom stereocenters. The molecule has 0 aliphatic heterocycles. The van der Waals surface area contributed by atoms with Crippen LogP contribution in [0.25, 0.3) is 0 Å². The Balaban J connectivity index is 2.15. The summed E-state index contributed by atoms with van der Waals surface area (Å²) in [5.41, 5.74) is -0.300. The SMILES string of the molecule is N#CCCC1(C#N)CC2CC(CO)C1C2. The van der Waals surface area contributed by atoms with Gasteiger partial charge in [-0.25, -0.2) is 0 Å². The number of fused-ring (bicyclic) bond motifs is 2. The second kappa shape index (κ2) is 3.83. The quantitative estimate of drug-likeness (QED) is 0.762. The van der Waals surface area contributed by atoms with Crippen LogP contribution >= 0.6 is 0 Å². The minimum Gasteiger partial charge on any atom is -0.396 e. The molecule has 0 saturated heterocycles. The molecule has 0 aromatic rings. The van der Waals surface area contributed by atoms with E-state index in [4.69, 9.17) is 5.26 Å². The van der Waals surface area contributed by atoms with Crippen molar-refractivity contribution in [2.75, 3.05) is 6.61 Å². The van der Waals surface area contributed by atoms with Crippen molar-refractivity contribution in [1.29, 1.82) is 10.5 Å². The highest BCUT2D eigenvalue weighted by molar-refractivity contribution is 5.14. The van der Waals surface area contributed by atoms with Gasteiger partial charge >= 0.3 is 0 Å². The Bertz CT molecular complexity index is 327. The van der Waals surface area contributed by atoms with E-state index in [0.29, 0.717) is 30.6 Å². The highest BCUT2D eigenvalue weighted by atomic mass is 16.3. The fraction of sp³-hybridized carbons (Fsp3) is 0.833. The van der Waals surface area contributed by atoms with E-state index in [1.807, 2.05) is 0 Å². The van der Waals surface area contributed by atoms with E-state index in [9.17, 15) is 10.4 Å². The van der Waals surface area contributed by atoms with Crippen LogP contribution in [0.5, 0.6) is 0 Å². The molecule has 0 spiro atoms. The maximum Gasteiger partial charge on any atom is 0.0693 e. The first-order valence-electron chi connectivity index (χ1n) is 5.65. The Morgan fingerprint density at radius 2 is 2.13 bits per heavy atom. The number of aliphatic hydroxyl groups excluding tert-OH is 1. The molecule has 4 atom stereocenters. The predicted molar refractivity (Wildman–Crippen MR) is 54.3 cm³/mol. The Morgan fingerprint density at radius 1 is 1.33 bits per heavy atom. The maximum atomic E-state index is 9.34. The van der Waals surface area contributed by atoms with Gasteiger partial charge in [-0.3, -0.25) is 0 Å². The van der Waals surface area contributed by atoms with Crippen molar-refractivity contribution < 1.29 is 5.11 Å². The Morgan fingerprint density at radius 3 is 2.67 bits per heavy atom. The Hall–Kier alpha value is -1.06. The highest BCUT2D eigenvalue weighted by Crippen LogP contribution is 2.60. The van der Waals surface area contributed by atoms with Gasteiger partial charge in [0, 0.05) is 13.0 Å². The summed E-state index contributed by atoms with van der Waals surface area (Å²) < 4.78 is 0. The molecule has 2 rings (SSSR count). The second-order valence-electron chi connectivity index (χ2n) is 5.02. The monoisotopic (exact) mass is 204 g/mol. The van der Waals surface area contributed by atoms with Crippen LogP contribution < -0.4 is 0 Å². The highest BCUT2D eigenvalue weighted by Gasteiger charge is 2.55. The van der Waals surface area contributed by atoms with Gasteiger partial charge in [0.1, 0.15) is 0 Å². The van der Waals surface area contributed by atoms with Gasteiger partial charge in [-0.1, -0.05) is 0 Å². The van der Waals surface area contributed by atoms with Gasteiger partial charge in [-0.05, 0) is 43.4 Å². The van der Waals surface area contributed by atoms with Crippen LogP contribution in [0, 0.1) is 45.8 Å². The van der Waals surface area contributed by atoms with Crippen LogP contribution in [0.3, 0.4) is 0 Å². The fourth-order valence-corrected chi connectivity index (χ4v) is 3.70. The maximum absolute atomic E-state index is 9.34. The van der Waals surface area contributed by atoms with Crippen LogP contribution in [-0.2, 0) is 0 Å². The minimum absolute atomic E-state index is 0.206. The molecular formula is C12H16N2O. The fourth-order valence-electron chi connectivity index (χ4n) is 3.70. The zero-order valence-electron chi connectivity index (χ0n) is 8.82. The molecule has 15 heavy (non-hydrogen) atoms. The predicted octanol–water partition coefficient (Wildman–Crippen LogP) is 1.84. The summed E-state index contributed by atoms with van der Waals surface area (Å²) >= 11 is 0. The van der Waals surface area contributed by atoms with Crippen molar-refractivity contribution >= 4 is 0 Å². The van der Waals surface area contributed by atoms with E-state index in [1.165, 1.54) is 0 Å². The van der Waals surface area contributed by atoms with Crippen LogP contribution in [0.4, 0.5) is 0 Å². The first kappa shape index (κ1) is 10.5. The number of hydrogen-bond acceptors (Lipinski definition) is 3. The number of nitrogens with zero attached hydrogens (tertiary/aromatic N) is 2. The van der Waals surface area contributed by atoms with Crippen LogP contribution in [-0.4, -0.2) is 11.7 Å². The first-order valence-corrected chi connectivity index (χ1v) is 5.65. The van der Waals surface area contributed by atoms with E-state index in [1.54, 1.807) is 0 Å². The van der Waals surface area contributed by atoms with Gasteiger partial charge in [0.05, 0.1) is 17.6 Å². The molecule has 3 nitrogen and oxygen atoms in total. The molecule has 2 bridgehead atoms. The summed E-state index contributed by atoms with van der Waals surface area (Å²) in [5.74, 6) is 1.26. The minimum atomic E-state index is -0.300. The largest absolute Gasteiger partial charge is 0.396 e. The lowest BCUT2D eigenvalue weighted by Crippen LogP contribution is -2.33. The molecule has 2 aliphatic carbocycles. The first-order chi connectivity index (χ1) is 7.25. The van der Waals surface area contributed by atoms with E-state index in [2.05, 4.69) is 12.1 Å². The molecule has 1 N–H and O–H groups in total. The van der Waals surface area contributed by atoms with Gasteiger partial charge in [0.25, 0.3) is 0 Å². The Kier molecular flexibility index (Phi) is 2.67. The average Bonchev–Trinajstić information content (AvgIpc) is 2.83. The van der Waals surface area contributed by atoms with E-state index in [-0.39, 0.29) is 12.0 Å². The normalized spacial score (nSPS) is 42.5. The summed E-state index contributed by atoms with van der Waals surface area (Å²) in [6.45, 7) is 0.206. The van der Waals surface area contributed by atoms with Crippen molar-refractivity contribution in [3.8, 4) is 12.1 Å². The van der Waals surface area contributed by atoms with Gasteiger partial charge in [0.15, 0.2) is 0 Å². The van der Waals surface area contributed by atoms with Gasteiger partial charge < -0.3 is 5.11 Å².